The van der Waals surface area contributed by atoms with Crippen molar-refractivity contribution in [3.8, 4) is 11.4 Å². The fraction of sp³-hybridized carbons (Fsp3) is 0. The second-order valence-corrected chi connectivity index (χ2v) is 5.77. The third-order valence-electron chi connectivity index (χ3n) is 3.77. The van der Waals surface area contributed by atoms with Gasteiger partial charge in [-0.3, -0.25) is 14.9 Å². The first-order valence-corrected chi connectivity index (χ1v) is 7.90. The zero-order valence-corrected chi connectivity index (χ0v) is 13.7. The molecule has 0 saturated heterocycles. The molecule has 122 valence electrons. The lowest BCUT2D eigenvalue weighted by Gasteiger charge is -2.09. The van der Waals surface area contributed by atoms with Crippen molar-refractivity contribution in [1.29, 1.82) is 0 Å². The van der Waals surface area contributed by atoms with Crippen molar-refractivity contribution in [2.45, 2.75) is 0 Å². The Morgan fingerprint density at radius 2 is 2.00 bits per heavy atom. The van der Waals surface area contributed by atoms with Gasteiger partial charge in [0.1, 0.15) is 6.33 Å². The van der Waals surface area contributed by atoms with E-state index in [-0.39, 0.29) is 5.91 Å². The summed E-state index contributed by atoms with van der Waals surface area (Å²) in [6.45, 7) is 0. The molecule has 2 heterocycles. The van der Waals surface area contributed by atoms with Gasteiger partial charge < -0.3 is 5.32 Å². The zero-order valence-electron chi connectivity index (χ0n) is 12.9. The summed E-state index contributed by atoms with van der Waals surface area (Å²) in [6.07, 6.45) is 3.08. The average Bonchev–Trinajstić information content (AvgIpc) is 3.17. The van der Waals surface area contributed by atoms with E-state index in [1.54, 1.807) is 24.4 Å². The summed E-state index contributed by atoms with van der Waals surface area (Å²) in [4.78, 5) is 21.1. The van der Waals surface area contributed by atoms with Crippen molar-refractivity contribution in [1.82, 2.24) is 20.2 Å². The maximum atomic E-state index is 12.7. The van der Waals surface area contributed by atoms with Crippen molar-refractivity contribution < 1.29 is 4.79 Å². The number of H-pyrrole nitrogens is 1. The SMILES string of the molecule is O=C(Nc1cccc(-c2ncn[nH]2)c1)c1ccc(Cl)c2cccnc12. The van der Waals surface area contributed by atoms with Crippen molar-refractivity contribution in [3.05, 3.63) is 71.6 Å². The van der Waals surface area contributed by atoms with Crippen LogP contribution < -0.4 is 5.32 Å². The molecule has 0 radical (unpaired) electrons. The topological polar surface area (TPSA) is 83.6 Å². The van der Waals surface area contributed by atoms with Gasteiger partial charge in [-0.2, -0.15) is 5.10 Å². The van der Waals surface area contributed by atoms with Crippen LogP contribution in [-0.4, -0.2) is 26.1 Å². The third-order valence-corrected chi connectivity index (χ3v) is 4.10. The van der Waals surface area contributed by atoms with Gasteiger partial charge in [0, 0.05) is 22.8 Å². The molecule has 25 heavy (non-hydrogen) atoms. The molecule has 0 atom stereocenters. The van der Waals surface area contributed by atoms with Crippen LogP contribution in [0.25, 0.3) is 22.3 Å². The first-order valence-electron chi connectivity index (χ1n) is 7.53. The highest BCUT2D eigenvalue weighted by Gasteiger charge is 2.13. The number of aromatic amines is 1. The summed E-state index contributed by atoms with van der Waals surface area (Å²) < 4.78 is 0. The fourth-order valence-corrected chi connectivity index (χ4v) is 2.82. The third kappa shape index (κ3) is 2.95. The minimum absolute atomic E-state index is 0.255. The Bertz CT molecular complexity index is 1060. The lowest BCUT2D eigenvalue weighted by Crippen LogP contribution is -2.13. The number of nitrogens with one attached hydrogen (secondary N) is 2. The van der Waals surface area contributed by atoms with E-state index in [4.69, 9.17) is 11.6 Å². The maximum Gasteiger partial charge on any atom is 0.257 e. The molecule has 6 nitrogen and oxygen atoms in total. The number of aromatic nitrogens is 4. The van der Waals surface area contributed by atoms with E-state index in [0.717, 1.165) is 10.9 Å². The van der Waals surface area contributed by atoms with Crippen LogP contribution >= 0.6 is 11.6 Å². The van der Waals surface area contributed by atoms with E-state index < -0.39 is 0 Å². The first-order chi connectivity index (χ1) is 12.2. The van der Waals surface area contributed by atoms with Crippen LogP contribution in [0.2, 0.25) is 5.02 Å². The molecule has 0 bridgehead atoms. The van der Waals surface area contributed by atoms with Crippen LogP contribution in [0, 0.1) is 0 Å². The Morgan fingerprint density at radius 1 is 1.08 bits per heavy atom. The fourth-order valence-electron chi connectivity index (χ4n) is 2.61. The predicted molar refractivity (Wildman–Crippen MR) is 96.5 cm³/mol. The maximum absolute atomic E-state index is 12.7. The van der Waals surface area contributed by atoms with E-state index in [1.807, 2.05) is 30.3 Å². The molecule has 4 aromatic rings. The summed E-state index contributed by atoms with van der Waals surface area (Å²) in [7, 11) is 0. The molecule has 2 aromatic heterocycles. The van der Waals surface area contributed by atoms with Crippen LogP contribution in [0.5, 0.6) is 0 Å². The lowest BCUT2D eigenvalue weighted by molar-refractivity contribution is 0.102. The summed E-state index contributed by atoms with van der Waals surface area (Å²) in [6, 6.07) is 14.4. The van der Waals surface area contributed by atoms with E-state index in [1.165, 1.54) is 6.33 Å². The Kier molecular flexibility index (Phi) is 3.87. The number of anilines is 1. The summed E-state index contributed by atoms with van der Waals surface area (Å²) in [5.41, 5.74) is 2.51. The predicted octanol–water partition coefficient (Wildman–Crippen LogP) is 3.93. The molecule has 0 aliphatic carbocycles. The van der Waals surface area contributed by atoms with E-state index in [9.17, 15) is 4.79 Å². The Balaban J connectivity index is 1.67. The monoisotopic (exact) mass is 349 g/mol. The van der Waals surface area contributed by atoms with Gasteiger partial charge in [-0.05, 0) is 36.4 Å². The summed E-state index contributed by atoms with van der Waals surface area (Å²) in [5.74, 6) is 0.379. The van der Waals surface area contributed by atoms with E-state index in [0.29, 0.717) is 27.6 Å². The van der Waals surface area contributed by atoms with Gasteiger partial charge in [0.2, 0.25) is 0 Å². The molecule has 4 rings (SSSR count). The largest absolute Gasteiger partial charge is 0.322 e. The average molecular weight is 350 g/mol. The quantitative estimate of drug-likeness (QED) is 0.587. The summed E-state index contributed by atoms with van der Waals surface area (Å²) in [5, 5.41) is 10.8. The smallest absolute Gasteiger partial charge is 0.257 e. The number of amides is 1. The lowest BCUT2D eigenvalue weighted by atomic mass is 10.1. The van der Waals surface area contributed by atoms with Crippen molar-refractivity contribution in [2.75, 3.05) is 5.32 Å². The van der Waals surface area contributed by atoms with Crippen molar-refractivity contribution in [3.63, 3.8) is 0 Å². The number of hydrogen-bond acceptors (Lipinski definition) is 4. The van der Waals surface area contributed by atoms with Crippen molar-refractivity contribution in [2.24, 2.45) is 0 Å². The number of pyridine rings is 1. The molecule has 2 aromatic carbocycles. The molecule has 0 aliphatic heterocycles. The molecule has 2 N–H and O–H groups in total. The molecule has 7 heteroatoms. The minimum atomic E-state index is -0.255. The van der Waals surface area contributed by atoms with Gasteiger partial charge in [0.05, 0.1) is 16.1 Å². The highest BCUT2D eigenvalue weighted by atomic mass is 35.5. The van der Waals surface area contributed by atoms with E-state index in [2.05, 4.69) is 25.5 Å². The normalized spacial score (nSPS) is 10.8. The summed E-state index contributed by atoms with van der Waals surface area (Å²) >= 11 is 6.18. The molecular formula is C18H12ClN5O. The number of fused-ring (bicyclic) bond motifs is 1. The zero-order chi connectivity index (χ0) is 17.2. The number of carbonyl (C=O) groups excluding carboxylic acids is 1. The molecular weight excluding hydrogens is 338 g/mol. The molecule has 0 fully saturated rings. The highest BCUT2D eigenvalue weighted by Crippen LogP contribution is 2.26. The van der Waals surface area contributed by atoms with Gasteiger partial charge in [-0.15, -0.1) is 0 Å². The Morgan fingerprint density at radius 3 is 2.84 bits per heavy atom. The second-order valence-electron chi connectivity index (χ2n) is 5.36. The van der Waals surface area contributed by atoms with Gasteiger partial charge >= 0.3 is 0 Å². The Hall–Kier alpha value is -3.25. The number of carbonyl (C=O) groups is 1. The van der Waals surface area contributed by atoms with E-state index >= 15 is 0 Å². The standard InChI is InChI=1S/C18H12ClN5O/c19-15-7-6-14(16-13(15)5-2-8-20-16)18(25)23-12-4-1-3-11(9-12)17-21-10-22-24-17/h1-10H,(H,23,25)(H,21,22,24). The molecule has 1 amide bonds. The number of nitrogens with zero attached hydrogens (tertiary/aromatic N) is 3. The molecule has 0 aliphatic rings. The van der Waals surface area contributed by atoms with Crippen molar-refractivity contribution >= 4 is 34.1 Å². The number of rotatable bonds is 3. The van der Waals surface area contributed by atoms with Gasteiger partial charge in [0.25, 0.3) is 5.91 Å². The number of benzene rings is 2. The Labute approximate surface area is 147 Å². The second kappa shape index (κ2) is 6.33. The van der Waals surface area contributed by atoms with Gasteiger partial charge in [-0.1, -0.05) is 23.7 Å². The molecule has 0 spiro atoms. The van der Waals surface area contributed by atoms with Gasteiger partial charge in [0.15, 0.2) is 5.82 Å². The number of hydrogen-bond donors (Lipinski definition) is 2. The molecule has 0 saturated carbocycles. The van der Waals surface area contributed by atoms with Crippen LogP contribution in [0.3, 0.4) is 0 Å². The van der Waals surface area contributed by atoms with Crippen LogP contribution in [0.1, 0.15) is 10.4 Å². The number of halogens is 1. The van der Waals surface area contributed by atoms with Gasteiger partial charge in [-0.25, -0.2) is 4.98 Å². The van der Waals surface area contributed by atoms with Crippen LogP contribution in [-0.2, 0) is 0 Å². The first kappa shape index (κ1) is 15.3. The van der Waals surface area contributed by atoms with Crippen LogP contribution in [0.15, 0.2) is 61.1 Å². The molecule has 0 unspecified atom stereocenters. The van der Waals surface area contributed by atoms with Crippen LogP contribution in [0.4, 0.5) is 5.69 Å². The highest BCUT2D eigenvalue weighted by molar-refractivity contribution is 6.36. The minimum Gasteiger partial charge on any atom is -0.322 e.